The first kappa shape index (κ1) is 32.9. The molecule has 44 heavy (non-hydrogen) atoms. The lowest BCUT2D eigenvalue weighted by Gasteiger charge is -2.31. The van der Waals surface area contributed by atoms with Gasteiger partial charge in [0.15, 0.2) is 0 Å². The van der Waals surface area contributed by atoms with E-state index in [1.54, 1.807) is 65.6 Å². The summed E-state index contributed by atoms with van der Waals surface area (Å²) in [4.78, 5) is 54.9. The number of hydrogen-bond donors (Lipinski definition) is 3. The van der Waals surface area contributed by atoms with Gasteiger partial charge in [0.2, 0.25) is 11.8 Å². The molecule has 0 spiro atoms. The predicted octanol–water partition coefficient (Wildman–Crippen LogP) is 6.08. The van der Waals surface area contributed by atoms with E-state index in [0.29, 0.717) is 52.9 Å². The molecule has 1 aliphatic rings. The number of benzene rings is 3. The summed E-state index contributed by atoms with van der Waals surface area (Å²) in [5, 5.41) is 15.8. The molecule has 0 saturated carbocycles. The van der Waals surface area contributed by atoms with Gasteiger partial charge in [0.1, 0.15) is 6.04 Å². The molecule has 1 fully saturated rings. The van der Waals surface area contributed by atoms with Gasteiger partial charge in [0.25, 0.3) is 0 Å². The maximum Gasteiger partial charge on any atom is 0.328 e. The molecule has 12 heteroatoms. The van der Waals surface area contributed by atoms with Crippen molar-refractivity contribution in [1.82, 2.24) is 15.5 Å². The maximum atomic E-state index is 13.2. The predicted molar refractivity (Wildman–Crippen MR) is 175 cm³/mol. The molecular formula is C32H32Cl2N4O5S. The normalized spacial score (nSPS) is 14.2. The van der Waals surface area contributed by atoms with Crippen LogP contribution in [0.25, 0.3) is 6.08 Å². The number of para-hydroxylation sites is 2. The second-order valence-electron chi connectivity index (χ2n) is 10.0. The topological polar surface area (TPSA) is 119 Å². The highest BCUT2D eigenvalue weighted by Gasteiger charge is 2.30. The van der Waals surface area contributed by atoms with Crippen LogP contribution in [0.2, 0.25) is 10.0 Å². The van der Waals surface area contributed by atoms with Gasteiger partial charge in [-0.2, -0.15) is 0 Å². The van der Waals surface area contributed by atoms with Crippen LogP contribution in [0.1, 0.15) is 18.4 Å². The number of carboxylic acid groups (broad SMARTS) is 1. The summed E-state index contributed by atoms with van der Waals surface area (Å²) in [5.41, 5.74) is 1.83. The third-order valence-corrected chi connectivity index (χ3v) is 8.97. The average Bonchev–Trinajstić information content (AvgIpc) is 3.04. The third kappa shape index (κ3) is 8.34. The van der Waals surface area contributed by atoms with Crippen LogP contribution < -0.4 is 15.5 Å². The monoisotopic (exact) mass is 654 g/mol. The van der Waals surface area contributed by atoms with Crippen molar-refractivity contribution in [2.45, 2.75) is 23.8 Å². The number of aliphatic carboxylic acids is 1. The Morgan fingerprint density at radius 3 is 2.09 bits per heavy atom. The molecule has 0 bridgehead atoms. The van der Waals surface area contributed by atoms with Crippen molar-refractivity contribution >= 4 is 76.2 Å². The number of hydrogen-bond acceptors (Lipinski definition) is 5. The van der Waals surface area contributed by atoms with Gasteiger partial charge in [-0.3, -0.25) is 14.5 Å². The van der Waals surface area contributed by atoms with Gasteiger partial charge in [-0.1, -0.05) is 65.7 Å². The molecule has 3 N–H and O–H groups in total. The number of carbonyl (C=O) groups excluding carboxylic acids is 3. The highest BCUT2D eigenvalue weighted by molar-refractivity contribution is 7.98. The van der Waals surface area contributed by atoms with E-state index in [9.17, 15) is 24.3 Å². The molecule has 230 valence electrons. The number of likely N-dealkylation sites (tertiary alicyclic amines) is 1. The molecule has 4 rings (SSSR count). The Morgan fingerprint density at radius 1 is 0.955 bits per heavy atom. The van der Waals surface area contributed by atoms with Crippen LogP contribution in [-0.4, -0.2) is 65.8 Å². The van der Waals surface area contributed by atoms with Crippen LogP contribution in [0.3, 0.4) is 0 Å². The number of anilines is 2. The van der Waals surface area contributed by atoms with Gasteiger partial charge in [0.05, 0.1) is 28.0 Å². The van der Waals surface area contributed by atoms with E-state index >= 15 is 0 Å². The molecule has 1 atom stereocenters. The number of nitrogens with one attached hydrogen (secondary N) is 2. The zero-order chi connectivity index (χ0) is 31.6. The van der Waals surface area contributed by atoms with Gasteiger partial charge in [-0.05, 0) is 61.1 Å². The van der Waals surface area contributed by atoms with E-state index in [2.05, 4.69) is 10.6 Å². The van der Waals surface area contributed by atoms with Crippen LogP contribution in [0.5, 0.6) is 0 Å². The van der Waals surface area contributed by atoms with Crippen molar-refractivity contribution in [3.63, 3.8) is 0 Å². The number of nitrogens with zero attached hydrogens (tertiary/aromatic N) is 2. The van der Waals surface area contributed by atoms with Crippen molar-refractivity contribution < 1.29 is 24.3 Å². The number of halogens is 2. The van der Waals surface area contributed by atoms with Crippen LogP contribution in [-0.2, 0) is 14.4 Å². The van der Waals surface area contributed by atoms with Gasteiger partial charge >= 0.3 is 12.0 Å². The van der Waals surface area contributed by atoms with E-state index in [1.165, 1.54) is 22.7 Å². The van der Waals surface area contributed by atoms with E-state index in [4.69, 9.17) is 23.2 Å². The zero-order valence-corrected chi connectivity index (χ0v) is 26.2. The number of thioether (sulfide) groups is 1. The first-order valence-corrected chi connectivity index (χ1v) is 15.9. The number of piperidine rings is 1. The molecule has 1 aliphatic heterocycles. The highest BCUT2D eigenvalue weighted by Crippen LogP contribution is 2.35. The molecule has 0 aliphatic carbocycles. The van der Waals surface area contributed by atoms with Gasteiger partial charge in [-0.15, -0.1) is 11.8 Å². The molecule has 3 aromatic carbocycles. The number of amides is 4. The highest BCUT2D eigenvalue weighted by atomic mass is 35.5. The van der Waals surface area contributed by atoms with E-state index in [-0.39, 0.29) is 12.5 Å². The van der Waals surface area contributed by atoms with Gasteiger partial charge in [0, 0.05) is 30.0 Å². The summed E-state index contributed by atoms with van der Waals surface area (Å²) < 4.78 is 0. The summed E-state index contributed by atoms with van der Waals surface area (Å²) in [5.74, 6) is -2.41. The summed E-state index contributed by atoms with van der Waals surface area (Å²) in [6, 6.07) is 19.7. The Balaban J connectivity index is 1.31. The number of carboxylic acids is 1. The molecule has 3 aromatic rings. The molecular weight excluding hydrogens is 623 g/mol. The Morgan fingerprint density at radius 2 is 1.55 bits per heavy atom. The maximum absolute atomic E-state index is 13.2. The first-order chi connectivity index (χ1) is 21.2. The zero-order valence-electron chi connectivity index (χ0n) is 23.9. The van der Waals surface area contributed by atoms with Crippen molar-refractivity contribution in [2.24, 2.45) is 5.92 Å². The van der Waals surface area contributed by atoms with Crippen LogP contribution >= 0.6 is 35.0 Å². The van der Waals surface area contributed by atoms with Gasteiger partial charge in [-0.25, -0.2) is 9.59 Å². The lowest BCUT2D eigenvalue weighted by Crippen LogP contribution is -2.52. The standard InChI is InChI=1S/C32H32Cl2N4O5S/c1-44-26-14-12-21(28(33)29(26)34)13-15-27(39)37-18-16-22(17-19-37)30(40)36-25(31(41)42)20-35-32(43)38(23-8-4-2-5-9-23)24-10-6-3-7-11-24/h2-15,22,25H,16-20H2,1H3,(H,35,43)(H,36,40)(H,41,42). The van der Waals surface area contributed by atoms with E-state index < -0.39 is 29.9 Å². The van der Waals surface area contributed by atoms with Crippen molar-refractivity contribution in [3.05, 3.63) is 94.5 Å². The fraction of sp³-hybridized carbons (Fsp3) is 0.250. The largest absolute Gasteiger partial charge is 0.480 e. The minimum absolute atomic E-state index is 0.225. The van der Waals surface area contributed by atoms with Crippen LogP contribution in [0, 0.1) is 5.92 Å². The lowest BCUT2D eigenvalue weighted by atomic mass is 9.95. The van der Waals surface area contributed by atoms with Crippen molar-refractivity contribution in [3.8, 4) is 0 Å². The molecule has 1 saturated heterocycles. The second kappa shape index (κ2) is 15.7. The fourth-order valence-corrected chi connectivity index (χ4v) is 5.93. The average molecular weight is 656 g/mol. The summed E-state index contributed by atoms with van der Waals surface area (Å²) in [6.07, 6.45) is 5.67. The molecule has 1 unspecified atom stereocenters. The minimum atomic E-state index is -1.34. The Labute approximate surface area is 270 Å². The number of carbonyl (C=O) groups is 4. The quantitative estimate of drug-likeness (QED) is 0.180. The van der Waals surface area contributed by atoms with E-state index in [0.717, 1.165) is 4.90 Å². The molecule has 1 heterocycles. The molecule has 0 aromatic heterocycles. The third-order valence-electron chi connectivity index (χ3n) is 7.18. The Hall–Kier alpha value is -3.99. The number of rotatable bonds is 10. The summed E-state index contributed by atoms with van der Waals surface area (Å²) >= 11 is 14.1. The molecule has 0 radical (unpaired) electrons. The molecule has 9 nitrogen and oxygen atoms in total. The second-order valence-corrected chi connectivity index (χ2v) is 11.6. The Kier molecular flexibility index (Phi) is 11.7. The minimum Gasteiger partial charge on any atom is -0.480 e. The fourth-order valence-electron chi connectivity index (χ4n) is 4.76. The van der Waals surface area contributed by atoms with Gasteiger partial charge < -0.3 is 20.6 Å². The smallest absolute Gasteiger partial charge is 0.328 e. The van der Waals surface area contributed by atoms with Crippen molar-refractivity contribution in [1.29, 1.82) is 0 Å². The first-order valence-electron chi connectivity index (χ1n) is 13.9. The Bertz CT molecular complexity index is 1480. The van der Waals surface area contributed by atoms with Crippen LogP contribution in [0.15, 0.2) is 83.8 Å². The van der Waals surface area contributed by atoms with E-state index in [1.807, 2.05) is 24.5 Å². The SMILES string of the molecule is CSc1ccc(C=CC(=O)N2CCC(C(=O)NC(CNC(=O)N(c3ccccc3)c3ccccc3)C(=O)O)CC2)c(Cl)c1Cl. The van der Waals surface area contributed by atoms with Crippen molar-refractivity contribution in [2.75, 3.05) is 30.8 Å². The molecule has 4 amide bonds. The summed E-state index contributed by atoms with van der Waals surface area (Å²) in [7, 11) is 0. The number of urea groups is 1. The van der Waals surface area contributed by atoms with Crippen LogP contribution in [0.4, 0.5) is 16.2 Å². The summed E-state index contributed by atoms with van der Waals surface area (Å²) in [6.45, 7) is 0.347. The lowest BCUT2D eigenvalue weighted by molar-refractivity contribution is -0.142.